The number of amides is 2. The predicted octanol–water partition coefficient (Wildman–Crippen LogP) is 3.70. The van der Waals surface area contributed by atoms with E-state index in [0.29, 0.717) is 65.6 Å². The van der Waals surface area contributed by atoms with Gasteiger partial charge in [0.05, 0.1) is 26.4 Å². The van der Waals surface area contributed by atoms with Gasteiger partial charge in [0, 0.05) is 52.0 Å². The molecule has 2 amide bonds. The number of rotatable bonds is 30. The first-order valence-electron chi connectivity index (χ1n) is 14.4. The maximum Gasteiger partial charge on any atom is 0.303 e. The van der Waals surface area contributed by atoms with E-state index in [4.69, 9.17) is 19.3 Å². The number of carboxylic acids is 1. The molecular formula is C28H51N2O8. The maximum absolute atomic E-state index is 11.9. The van der Waals surface area contributed by atoms with Gasteiger partial charge in [-0.05, 0) is 25.7 Å². The summed E-state index contributed by atoms with van der Waals surface area (Å²) in [6, 6.07) is 0. The van der Waals surface area contributed by atoms with Crippen LogP contribution in [0.15, 0.2) is 0 Å². The largest absolute Gasteiger partial charge is 0.481 e. The lowest BCUT2D eigenvalue weighted by Gasteiger charge is -2.08. The number of hydrogen-bond donors (Lipinski definition) is 3. The molecular weight excluding hydrogens is 492 g/mol. The van der Waals surface area contributed by atoms with E-state index in [0.717, 1.165) is 44.9 Å². The van der Waals surface area contributed by atoms with Crippen molar-refractivity contribution in [2.24, 2.45) is 0 Å². The lowest BCUT2D eigenvalue weighted by Crippen LogP contribution is -2.25. The summed E-state index contributed by atoms with van der Waals surface area (Å²) < 4.78 is 16.4. The van der Waals surface area contributed by atoms with Gasteiger partial charge in [-0.3, -0.25) is 19.2 Å². The standard InChI is InChI=1S/C28H51N2O8/c31-19-11-15-27(33)30-18-13-21-37-23-25-38-24-22-36-20-12-17-29-26(32)14-9-7-5-3-1-2-4-6-8-10-16-28(34)35/h1-18,20-25H2,(H,29,32)(H,30,33)(H,34,35). The topological polar surface area (TPSA) is 140 Å². The Morgan fingerprint density at radius 2 is 0.921 bits per heavy atom. The molecule has 0 spiro atoms. The Kier molecular flexibility index (Phi) is 27.9. The number of ether oxygens (including phenoxy) is 3. The van der Waals surface area contributed by atoms with Gasteiger partial charge >= 0.3 is 5.97 Å². The summed E-state index contributed by atoms with van der Waals surface area (Å²) in [5, 5.41) is 14.2. The van der Waals surface area contributed by atoms with Crippen molar-refractivity contribution in [2.45, 2.75) is 103 Å². The van der Waals surface area contributed by atoms with Crippen LogP contribution in [-0.2, 0) is 33.4 Å². The lowest BCUT2D eigenvalue weighted by molar-refractivity contribution is -0.137. The molecule has 0 unspecified atom stereocenters. The van der Waals surface area contributed by atoms with Gasteiger partial charge < -0.3 is 30.0 Å². The molecule has 0 rings (SSSR count). The van der Waals surface area contributed by atoms with Crippen LogP contribution >= 0.6 is 0 Å². The van der Waals surface area contributed by atoms with Crippen LogP contribution in [0.4, 0.5) is 0 Å². The predicted molar refractivity (Wildman–Crippen MR) is 146 cm³/mol. The molecule has 0 fully saturated rings. The molecule has 0 bridgehead atoms. The number of carboxylic acid groups (broad SMARTS) is 1. The molecule has 1 radical (unpaired) electrons. The van der Waals surface area contributed by atoms with E-state index in [1.165, 1.54) is 25.7 Å². The van der Waals surface area contributed by atoms with E-state index in [-0.39, 0.29) is 31.1 Å². The molecule has 0 aromatic rings. The Morgan fingerprint density at radius 3 is 1.37 bits per heavy atom. The first-order valence-corrected chi connectivity index (χ1v) is 14.4. The minimum Gasteiger partial charge on any atom is -0.481 e. The van der Waals surface area contributed by atoms with Crippen LogP contribution in [0.1, 0.15) is 103 Å². The van der Waals surface area contributed by atoms with E-state index < -0.39 is 5.97 Å². The van der Waals surface area contributed by atoms with Crippen molar-refractivity contribution >= 4 is 24.1 Å². The molecule has 3 N–H and O–H groups in total. The molecule has 38 heavy (non-hydrogen) atoms. The zero-order valence-electron chi connectivity index (χ0n) is 23.3. The van der Waals surface area contributed by atoms with E-state index in [1.54, 1.807) is 6.29 Å². The zero-order valence-corrected chi connectivity index (χ0v) is 23.3. The second kappa shape index (κ2) is 29.5. The van der Waals surface area contributed by atoms with E-state index >= 15 is 0 Å². The fourth-order valence-electron chi connectivity index (χ4n) is 3.66. The fourth-order valence-corrected chi connectivity index (χ4v) is 3.66. The number of hydrogen-bond acceptors (Lipinski definition) is 7. The summed E-state index contributed by atoms with van der Waals surface area (Å²) in [6.45, 7) is 4.22. The van der Waals surface area contributed by atoms with Crippen LogP contribution < -0.4 is 10.6 Å². The van der Waals surface area contributed by atoms with Gasteiger partial charge in [0.1, 0.15) is 0 Å². The number of carbonyl (C=O) groups excluding carboxylic acids is 3. The average molecular weight is 544 g/mol. The van der Waals surface area contributed by atoms with Crippen molar-refractivity contribution in [1.82, 2.24) is 10.6 Å². The summed E-state index contributed by atoms with van der Waals surface area (Å²) in [5.41, 5.74) is 0. The van der Waals surface area contributed by atoms with Crippen molar-refractivity contribution in [1.29, 1.82) is 0 Å². The van der Waals surface area contributed by atoms with Gasteiger partial charge in [0.15, 0.2) is 6.29 Å². The van der Waals surface area contributed by atoms with Gasteiger partial charge in [-0.25, -0.2) is 0 Å². The SMILES string of the molecule is O=[C]CCC(=O)NCCCOCCOCCOCCCNC(=O)CCCCCCCCCCCCC(=O)O. The summed E-state index contributed by atoms with van der Waals surface area (Å²) in [4.78, 5) is 43.7. The first-order chi connectivity index (χ1) is 18.6. The quantitative estimate of drug-likeness (QED) is 0.117. The highest BCUT2D eigenvalue weighted by atomic mass is 16.5. The number of nitrogens with one attached hydrogen (secondary N) is 2. The van der Waals surface area contributed by atoms with Crippen LogP contribution in [0.3, 0.4) is 0 Å². The molecule has 0 atom stereocenters. The van der Waals surface area contributed by atoms with Gasteiger partial charge in [-0.1, -0.05) is 51.4 Å². The summed E-state index contributed by atoms with van der Waals surface area (Å²) in [6.07, 6.45) is 15.3. The van der Waals surface area contributed by atoms with Crippen molar-refractivity contribution < 1.29 is 38.5 Å². The smallest absolute Gasteiger partial charge is 0.303 e. The first kappa shape index (κ1) is 36.0. The van der Waals surface area contributed by atoms with Crippen molar-refractivity contribution in [2.75, 3.05) is 52.7 Å². The Morgan fingerprint density at radius 1 is 0.526 bits per heavy atom. The minimum atomic E-state index is -0.702. The molecule has 0 heterocycles. The van der Waals surface area contributed by atoms with Gasteiger partial charge in [-0.15, -0.1) is 0 Å². The molecule has 0 saturated carbocycles. The Bertz CT molecular complexity index is 589. The number of carbonyl (C=O) groups is 3. The highest BCUT2D eigenvalue weighted by Crippen LogP contribution is 2.12. The van der Waals surface area contributed by atoms with Crippen LogP contribution in [0.5, 0.6) is 0 Å². The van der Waals surface area contributed by atoms with Gasteiger partial charge in [0.2, 0.25) is 11.8 Å². The van der Waals surface area contributed by atoms with Gasteiger partial charge in [-0.2, -0.15) is 0 Å². The zero-order chi connectivity index (χ0) is 27.9. The third-order valence-electron chi connectivity index (χ3n) is 5.82. The fraction of sp³-hybridized carbons (Fsp3) is 0.857. The third kappa shape index (κ3) is 30.2. The van der Waals surface area contributed by atoms with E-state index in [2.05, 4.69) is 10.6 Å². The normalized spacial score (nSPS) is 10.8. The second-order valence-electron chi connectivity index (χ2n) is 9.32. The molecule has 10 heteroatoms. The number of aliphatic carboxylic acids is 1. The Labute approximate surface area is 228 Å². The Hall–Kier alpha value is -2.04. The monoisotopic (exact) mass is 543 g/mol. The lowest BCUT2D eigenvalue weighted by atomic mass is 10.1. The molecule has 0 aliphatic rings. The van der Waals surface area contributed by atoms with E-state index in [9.17, 15) is 19.2 Å². The summed E-state index contributed by atoms with van der Waals surface area (Å²) >= 11 is 0. The van der Waals surface area contributed by atoms with Crippen molar-refractivity contribution in [3.63, 3.8) is 0 Å². The van der Waals surface area contributed by atoms with Crippen LogP contribution in [0.2, 0.25) is 0 Å². The summed E-state index contributed by atoms with van der Waals surface area (Å²) in [7, 11) is 0. The summed E-state index contributed by atoms with van der Waals surface area (Å²) in [5.74, 6) is -0.742. The van der Waals surface area contributed by atoms with Crippen LogP contribution in [0.25, 0.3) is 0 Å². The molecule has 0 aliphatic heterocycles. The molecule has 221 valence electrons. The molecule has 10 nitrogen and oxygen atoms in total. The average Bonchev–Trinajstić information content (AvgIpc) is 2.90. The van der Waals surface area contributed by atoms with Crippen LogP contribution in [-0.4, -0.2) is 81.9 Å². The van der Waals surface area contributed by atoms with Crippen LogP contribution in [0, 0.1) is 0 Å². The highest BCUT2D eigenvalue weighted by molar-refractivity contribution is 5.78. The highest BCUT2D eigenvalue weighted by Gasteiger charge is 2.02. The Balaban J connectivity index is 3.20. The number of unbranched alkanes of at least 4 members (excludes halogenated alkanes) is 9. The van der Waals surface area contributed by atoms with Gasteiger partial charge in [0.25, 0.3) is 0 Å². The third-order valence-corrected chi connectivity index (χ3v) is 5.82. The minimum absolute atomic E-state index is 0.105. The van der Waals surface area contributed by atoms with Crippen molar-refractivity contribution in [3.05, 3.63) is 0 Å². The second-order valence-corrected chi connectivity index (χ2v) is 9.32. The molecule has 0 saturated heterocycles. The molecule has 0 aliphatic carbocycles. The molecule has 0 aromatic heterocycles. The maximum atomic E-state index is 11.9. The molecule has 0 aromatic carbocycles. The van der Waals surface area contributed by atoms with Crippen molar-refractivity contribution in [3.8, 4) is 0 Å². The van der Waals surface area contributed by atoms with E-state index in [1.807, 2.05) is 0 Å².